The molecule has 0 aliphatic rings. The van der Waals surface area contributed by atoms with Gasteiger partial charge < -0.3 is 14.2 Å². The molecule has 0 radical (unpaired) electrons. The highest BCUT2D eigenvalue weighted by Gasteiger charge is 2.26. The van der Waals surface area contributed by atoms with Crippen molar-refractivity contribution in [3.05, 3.63) is 74.5 Å². The number of hydrazine groups is 1. The van der Waals surface area contributed by atoms with Crippen LogP contribution in [0.4, 0.5) is 10.1 Å². The molecule has 2 amide bonds. The number of rotatable bonds is 9. The normalized spacial score (nSPS) is 11.3. The van der Waals surface area contributed by atoms with E-state index < -0.39 is 34.3 Å². The minimum atomic E-state index is -1.06. The molecule has 3 rings (SSSR count). The smallest absolute Gasteiger partial charge is 0.286 e. The number of halogens is 1. The van der Waals surface area contributed by atoms with Gasteiger partial charge in [-0.05, 0) is 31.2 Å². The molecule has 1 heterocycles. The highest BCUT2D eigenvalue weighted by atomic mass is 32.1. The average Bonchev–Trinajstić information content (AvgIpc) is 3.35. The number of hydrogen-bond acceptors (Lipinski definition) is 9. The van der Waals surface area contributed by atoms with E-state index in [0.717, 1.165) is 12.1 Å². The number of carbonyl (C=O) groups is 2. The zero-order valence-electron chi connectivity index (χ0n) is 17.9. The Morgan fingerprint density at radius 1 is 1.21 bits per heavy atom. The molecule has 1 atom stereocenters. The number of aromatic nitrogens is 1. The predicted octanol–water partition coefficient (Wildman–Crippen LogP) is 3.01. The van der Waals surface area contributed by atoms with Gasteiger partial charge in [0.2, 0.25) is 0 Å². The third-order valence-corrected chi connectivity index (χ3v) is 5.01. The number of benzene rings is 2. The molecule has 0 saturated carbocycles. The van der Waals surface area contributed by atoms with Gasteiger partial charge in [-0.1, -0.05) is 0 Å². The molecule has 0 fully saturated rings. The van der Waals surface area contributed by atoms with E-state index in [9.17, 15) is 24.1 Å². The van der Waals surface area contributed by atoms with Gasteiger partial charge in [-0.2, -0.15) is 0 Å². The van der Waals surface area contributed by atoms with Crippen molar-refractivity contribution in [3.8, 4) is 17.2 Å². The van der Waals surface area contributed by atoms with E-state index in [1.54, 1.807) is 10.9 Å². The van der Waals surface area contributed by atoms with Crippen LogP contribution in [-0.2, 0) is 11.4 Å². The second-order valence-electron chi connectivity index (χ2n) is 6.70. The van der Waals surface area contributed by atoms with Gasteiger partial charge in [0.1, 0.15) is 23.7 Å². The van der Waals surface area contributed by atoms with Crippen molar-refractivity contribution in [2.45, 2.75) is 19.6 Å². The Bertz CT molecular complexity index is 1170. The van der Waals surface area contributed by atoms with Gasteiger partial charge >= 0.3 is 0 Å². The first-order valence-corrected chi connectivity index (χ1v) is 10.6. The molecule has 0 bridgehead atoms. The lowest BCUT2D eigenvalue weighted by atomic mass is 10.1. The van der Waals surface area contributed by atoms with Crippen LogP contribution in [0.15, 0.2) is 47.3 Å². The Balaban J connectivity index is 1.69. The molecule has 0 spiro atoms. The number of ether oxygens (including phenoxy) is 3. The Morgan fingerprint density at radius 3 is 2.56 bits per heavy atom. The van der Waals surface area contributed by atoms with Crippen LogP contribution in [0.3, 0.4) is 0 Å². The average molecular weight is 490 g/mol. The van der Waals surface area contributed by atoms with Crippen molar-refractivity contribution in [1.82, 2.24) is 15.8 Å². The van der Waals surface area contributed by atoms with Crippen LogP contribution < -0.4 is 25.1 Å². The van der Waals surface area contributed by atoms with Crippen LogP contribution in [0.5, 0.6) is 17.2 Å². The van der Waals surface area contributed by atoms with Crippen molar-refractivity contribution in [1.29, 1.82) is 0 Å². The summed E-state index contributed by atoms with van der Waals surface area (Å²) < 4.78 is 29.1. The number of nitro benzene ring substituents is 1. The SMILES string of the molecule is COc1cc(C(=O)NNC(=O)C(C)Oc2ccc(F)cc2)c([N+](=O)[O-])cc1OCc1cscn1. The summed E-state index contributed by atoms with van der Waals surface area (Å²) in [6.45, 7) is 1.45. The summed E-state index contributed by atoms with van der Waals surface area (Å²) in [7, 11) is 1.31. The number of amides is 2. The van der Waals surface area contributed by atoms with E-state index in [0.29, 0.717) is 5.69 Å². The molecule has 2 aromatic carbocycles. The molecule has 1 aromatic heterocycles. The van der Waals surface area contributed by atoms with E-state index in [2.05, 4.69) is 15.8 Å². The van der Waals surface area contributed by atoms with Crippen molar-refractivity contribution < 1.29 is 33.1 Å². The maximum absolute atomic E-state index is 13.0. The van der Waals surface area contributed by atoms with Crippen LogP contribution in [-0.4, -0.2) is 34.9 Å². The first-order valence-electron chi connectivity index (χ1n) is 9.67. The van der Waals surface area contributed by atoms with Crippen LogP contribution >= 0.6 is 11.3 Å². The third-order valence-electron chi connectivity index (χ3n) is 4.38. The largest absolute Gasteiger partial charge is 0.493 e. The summed E-state index contributed by atoms with van der Waals surface area (Å²) in [5, 5.41) is 13.3. The second kappa shape index (κ2) is 11.0. The highest BCUT2D eigenvalue weighted by molar-refractivity contribution is 7.07. The van der Waals surface area contributed by atoms with Crippen LogP contribution in [0.1, 0.15) is 23.0 Å². The lowest BCUT2D eigenvalue weighted by Gasteiger charge is -2.16. The minimum absolute atomic E-state index is 0.0455. The number of nitrogens with one attached hydrogen (secondary N) is 2. The molecule has 178 valence electrons. The quantitative estimate of drug-likeness (QED) is 0.344. The molecule has 34 heavy (non-hydrogen) atoms. The van der Waals surface area contributed by atoms with Crippen LogP contribution in [0, 0.1) is 15.9 Å². The maximum Gasteiger partial charge on any atom is 0.286 e. The Kier molecular flexibility index (Phi) is 7.92. The fourth-order valence-corrected chi connectivity index (χ4v) is 3.22. The van der Waals surface area contributed by atoms with Gasteiger partial charge in [0.15, 0.2) is 17.6 Å². The van der Waals surface area contributed by atoms with Gasteiger partial charge in [-0.3, -0.25) is 30.6 Å². The maximum atomic E-state index is 13.0. The summed E-state index contributed by atoms with van der Waals surface area (Å²) >= 11 is 1.37. The second-order valence-corrected chi connectivity index (χ2v) is 7.42. The lowest BCUT2D eigenvalue weighted by molar-refractivity contribution is -0.385. The Morgan fingerprint density at radius 2 is 1.94 bits per heavy atom. The number of nitro groups is 1. The summed E-state index contributed by atoms with van der Waals surface area (Å²) in [4.78, 5) is 39.7. The van der Waals surface area contributed by atoms with Crippen molar-refractivity contribution >= 4 is 28.8 Å². The third kappa shape index (κ3) is 6.16. The summed E-state index contributed by atoms with van der Waals surface area (Å²) in [5.41, 5.74) is 5.56. The minimum Gasteiger partial charge on any atom is -0.493 e. The van der Waals surface area contributed by atoms with Crippen LogP contribution in [0.25, 0.3) is 0 Å². The zero-order chi connectivity index (χ0) is 24.7. The van der Waals surface area contributed by atoms with Crippen molar-refractivity contribution in [2.75, 3.05) is 7.11 Å². The number of methoxy groups -OCH3 is 1. The molecular formula is C21H19FN4O7S. The molecule has 13 heteroatoms. The number of thiazole rings is 1. The fourth-order valence-electron chi connectivity index (χ4n) is 2.67. The van der Waals surface area contributed by atoms with Crippen LogP contribution in [0.2, 0.25) is 0 Å². The number of carbonyl (C=O) groups excluding carboxylic acids is 2. The number of hydrogen-bond donors (Lipinski definition) is 2. The van der Waals surface area contributed by atoms with Crippen molar-refractivity contribution in [3.63, 3.8) is 0 Å². The molecule has 1 unspecified atom stereocenters. The highest BCUT2D eigenvalue weighted by Crippen LogP contribution is 2.35. The molecule has 0 saturated heterocycles. The molecular weight excluding hydrogens is 471 g/mol. The van der Waals surface area contributed by atoms with E-state index in [-0.39, 0.29) is 29.4 Å². The van der Waals surface area contributed by atoms with E-state index in [4.69, 9.17) is 14.2 Å². The summed E-state index contributed by atoms with van der Waals surface area (Å²) in [6, 6.07) is 7.20. The number of nitrogens with zero attached hydrogens (tertiary/aromatic N) is 2. The monoisotopic (exact) mass is 490 g/mol. The molecule has 2 N–H and O–H groups in total. The van der Waals surface area contributed by atoms with Gasteiger partial charge in [0.25, 0.3) is 17.5 Å². The fraction of sp³-hybridized carbons (Fsp3) is 0.190. The summed E-state index contributed by atoms with van der Waals surface area (Å²) in [6.07, 6.45) is -1.06. The summed E-state index contributed by atoms with van der Waals surface area (Å²) in [5.74, 6) is -1.81. The van der Waals surface area contributed by atoms with Gasteiger partial charge in [0, 0.05) is 11.4 Å². The van der Waals surface area contributed by atoms with E-state index in [1.165, 1.54) is 49.6 Å². The van der Waals surface area contributed by atoms with E-state index in [1.807, 2.05) is 0 Å². The molecule has 3 aromatic rings. The zero-order valence-corrected chi connectivity index (χ0v) is 18.8. The topological polar surface area (TPSA) is 142 Å². The molecule has 0 aliphatic carbocycles. The molecule has 0 aliphatic heterocycles. The lowest BCUT2D eigenvalue weighted by Crippen LogP contribution is -2.47. The van der Waals surface area contributed by atoms with Crippen molar-refractivity contribution in [2.24, 2.45) is 0 Å². The van der Waals surface area contributed by atoms with Gasteiger partial charge in [0.05, 0.1) is 29.3 Å². The standard InChI is InChI=1S/C21H19FN4O7S/c1-12(33-15-5-3-13(22)4-6-15)20(27)24-25-21(28)16-7-18(31-2)19(8-17(16)26(29)30)32-9-14-10-34-11-23-14/h3-8,10-12H,9H2,1-2H3,(H,24,27)(H,25,28). The predicted molar refractivity (Wildman–Crippen MR) is 118 cm³/mol. The molecule has 11 nitrogen and oxygen atoms in total. The Labute approximate surface area is 196 Å². The first kappa shape index (κ1) is 24.4. The Hall–Kier alpha value is -4.26. The van der Waals surface area contributed by atoms with Gasteiger partial charge in [-0.15, -0.1) is 11.3 Å². The first-order chi connectivity index (χ1) is 16.3. The van der Waals surface area contributed by atoms with Gasteiger partial charge in [-0.25, -0.2) is 9.37 Å². The van der Waals surface area contributed by atoms with E-state index >= 15 is 0 Å².